The Morgan fingerprint density at radius 3 is 0.933 bits per heavy atom. The second-order valence-corrected chi connectivity index (χ2v) is 30.4. The predicted molar refractivity (Wildman–Crippen MR) is 518 cm³/mol. The summed E-state index contributed by atoms with van der Waals surface area (Å²) in [7, 11) is 7.09. The minimum Gasteiger partial charge on any atom is -0.496 e. The SMILES string of the molecule is C.C.C.CC1(C)O[C@@H](CP)[C@H](CP)O1.CCc1cc(C)cc(CC)c1.COc1c(C)cc(C)cc1C.Cc1cc(C(F)(F)F)cc(C(F)(F)F)c1.Cc1cc(C)c(C)c(C)c1.Cc1cc(C)cc(C)c1.Cc1cc(C)cc(C)c1.Cc1ccc(C)cc1.Cc1ccc(Cl)cc1.Cc1ccc2ccccc2c1.Cc1ccccc1.F.I.[2HH].[Ar].[Ar].[Ar].[Ar].[B].[HH]. The van der Waals surface area contributed by atoms with Crippen LogP contribution in [0.1, 0.15) is 186 Å². The van der Waals surface area contributed by atoms with E-state index in [1.165, 1.54) is 135 Å². The number of hydrogen-bond acceptors (Lipinski definition) is 3. The average molecular weight is 1930 g/mol. The molecule has 3 nitrogen and oxygen atoms in total. The molecule has 1 fully saturated rings. The Morgan fingerprint density at radius 1 is 0.367 bits per heavy atom. The van der Waals surface area contributed by atoms with Crippen LogP contribution in [-0.2, 0) is 34.7 Å². The second-order valence-electron chi connectivity index (χ2n) is 29.0. The average Bonchev–Trinajstić information content (AvgIpc) is 1.64. The first-order chi connectivity index (χ1) is 51.4. The summed E-state index contributed by atoms with van der Waals surface area (Å²) < 4.78 is 89.5. The Labute approximate surface area is 874 Å². The summed E-state index contributed by atoms with van der Waals surface area (Å²) in [5.41, 5.74) is 25.6. The van der Waals surface area contributed by atoms with Crippen molar-refractivity contribution in [1.29, 1.82) is 0 Å². The quantitative estimate of drug-likeness (QED) is 0.0744. The van der Waals surface area contributed by atoms with Crippen molar-refractivity contribution in [2.45, 2.75) is 232 Å². The molecule has 2 unspecified atom stereocenters. The van der Waals surface area contributed by atoms with Crippen LogP contribution in [-0.4, -0.2) is 45.8 Å². The summed E-state index contributed by atoms with van der Waals surface area (Å²) in [6.45, 7) is 49.7. The van der Waals surface area contributed by atoms with Crippen molar-refractivity contribution in [3.8, 4) is 5.75 Å². The molecular formula is C101H143Ar4BClF7IO3P2. The fraction of sp³-hybridized carbons (Fsp3) is 0.366. The molecule has 0 aliphatic carbocycles. The molecular weight excluding hydrogens is 1790 g/mol. The zero-order chi connectivity index (χ0) is 83.2. The Morgan fingerprint density at radius 2 is 0.642 bits per heavy atom. The number of fused-ring (bicyclic) bond motifs is 1. The van der Waals surface area contributed by atoms with E-state index in [1.807, 2.05) is 63.2 Å². The van der Waals surface area contributed by atoms with Crippen molar-refractivity contribution in [3.63, 3.8) is 0 Å². The molecule has 1 aliphatic rings. The molecule has 3 radical (unpaired) electrons. The van der Waals surface area contributed by atoms with Gasteiger partial charge in [0.05, 0.1) is 30.4 Å². The molecule has 12 rings (SSSR count). The molecule has 11 aromatic rings. The molecule has 0 saturated carbocycles. The van der Waals surface area contributed by atoms with E-state index in [1.54, 1.807) is 7.11 Å². The van der Waals surface area contributed by atoms with Gasteiger partial charge < -0.3 is 14.2 Å². The molecule has 673 valence electrons. The molecule has 0 N–H and O–H groups in total. The van der Waals surface area contributed by atoms with Gasteiger partial charge in [0.2, 0.25) is 0 Å². The first-order valence-corrected chi connectivity index (χ1v) is 39.5. The van der Waals surface area contributed by atoms with Gasteiger partial charge >= 0.3 is 12.4 Å². The summed E-state index contributed by atoms with van der Waals surface area (Å²) >= 11 is 5.61. The van der Waals surface area contributed by atoms with Crippen LogP contribution in [0.5, 0.6) is 5.75 Å². The van der Waals surface area contributed by atoms with Gasteiger partial charge in [-0.1, -0.05) is 314 Å². The fourth-order valence-electron chi connectivity index (χ4n) is 11.9. The smallest absolute Gasteiger partial charge is 0.416 e. The maximum Gasteiger partial charge on any atom is 0.416 e. The number of ether oxygens (including phenoxy) is 3. The molecule has 0 bridgehead atoms. The topological polar surface area (TPSA) is 27.7 Å². The molecule has 1 aliphatic heterocycles. The number of rotatable bonds is 5. The van der Waals surface area contributed by atoms with Gasteiger partial charge in [0.25, 0.3) is 0 Å². The number of methoxy groups -OCH3 is 1. The standard InChI is InChI=1S/C11H10.C11H16.C10H14O.C10H14.C9H6F6.2C9H12.C8H10.C7H7Cl.C7H16O2P2.C7H8.3CH4.4Ar.B.FH.HI.2H2/c1-9-6-7-10-4-2-3-5-11(10)8-9;1-4-10-6-9(3)7-11(5-2)8-10;1-7-5-8(2)10(11-4)9(3)6-7;1-7-5-8(2)10(4)9(3)6-7;1-5-2-6(8(10,11)12)4-7(3-5)9(13,14)15;2*1-7-4-8(2)6-9(3)5-7;1-7-3-5-8(2)6-4-7;1-6-2-4-7(8)5-3-6;1-7(2)8-5(3-10)6(4-11)9-7;1-7-5-3-2-4-6-7;;;;;;;;;;;;/h2-8H,1H3;6-8H,4-5H2,1-3H3;5-6H,1-4H3;5-6H,1-4H3;2-4H,1H3;2*4-6H,1-3H3;3-6H,1-2H3;2-5H,1H3;5-6H,3-4,10-11H2,1-2H3;2-6H,1H3;3*1H4;;;;;;4*1H/t;;;;;;;;;5-,6-;;;;;;;;;;;;;/m.........0............./s1/i;;;;;;;;;;;;;;;;;;;;;1+1;. The van der Waals surface area contributed by atoms with E-state index < -0.39 is 23.5 Å². The summed E-state index contributed by atoms with van der Waals surface area (Å²) in [4.78, 5) is 0. The van der Waals surface area contributed by atoms with Gasteiger partial charge in [-0.3, -0.25) is 4.70 Å². The molecule has 11 aromatic carbocycles. The van der Waals surface area contributed by atoms with Crippen LogP contribution >= 0.6 is 54.1 Å². The van der Waals surface area contributed by atoms with Crippen LogP contribution in [0.4, 0.5) is 31.0 Å². The van der Waals surface area contributed by atoms with Crippen molar-refractivity contribution in [2.24, 2.45) is 0 Å². The van der Waals surface area contributed by atoms with Crippen molar-refractivity contribution in [3.05, 3.63) is 357 Å². The van der Waals surface area contributed by atoms with Crippen molar-refractivity contribution >= 4 is 73.2 Å². The molecule has 0 spiro atoms. The van der Waals surface area contributed by atoms with Gasteiger partial charge in [-0.15, -0.1) is 42.5 Å². The normalized spacial score (nSPS) is 11.7. The van der Waals surface area contributed by atoms with Gasteiger partial charge in [-0.25, -0.2) is 0 Å². The third-order valence-corrected chi connectivity index (χ3v) is 18.4. The minimum atomic E-state index is -4.76. The molecule has 0 aromatic heterocycles. The molecule has 1 heterocycles. The van der Waals surface area contributed by atoms with Gasteiger partial charge in [0, 0.05) is 167 Å². The van der Waals surface area contributed by atoms with E-state index in [0.29, 0.717) is 12.1 Å². The van der Waals surface area contributed by atoms with Crippen molar-refractivity contribution in [2.75, 3.05) is 19.4 Å². The third kappa shape index (κ3) is 58.4. The molecule has 120 heavy (non-hydrogen) atoms. The van der Waals surface area contributed by atoms with Crippen LogP contribution < -0.4 is 4.74 Å². The maximum absolute atomic E-state index is 12.2. The van der Waals surface area contributed by atoms with Gasteiger partial charge in [0.15, 0.2) is 5.79 Å². The van der Waals surface area contributed by atoms with Crippen LogP contribution in [0, 0.1) is 289 Å². The summed E-state index contributed by atoms with van der Waals surface area (Å²) in [6, 6.07) is 71.5. The largest absolute Gasteiger partial charge is 0.496 e. The summed E-state index contributed by atoms with van der Waals surface area (Å²) in [5.74, 6) is 0.623. The third-order valence-electron chi connectivity index (χ3n) is 17.2. The molecule has 4 atom stereocenters. The Hall–Kier alpha value is -2.11. The summed E-state index contributed by atoms with van der Waals surface area (Å²) in [5, 5.41) is 3.45. The molecule has 19 heteroatoms. The number of benzene rings is 11. The van der Waals surface area contributed by atoms with Crippen LogP contribution in [0.3, 0.4) is 0 Å². The number of alkyl halides is 6. The van der Waals surface area contributed by atoms with E-state index in [2.05, 4.69) is 315 Å². The minimum absolute atomic E-state index is 0. The predicted octanol–water partition coefficient (Wildman–Crippen LogP) is 32.1. The molecule has 0 amide bonds. The number of hydrogen-bond donors (Lipinski definition) is 0. The number of halogens is 9. The Bertz CT molecular complexity index is 4200. The van der Waals surface area contributed by atoms with E-state index in [4.69, 9.17) is 25.8 Å². The first-order valence-electron chi connectivity index (χ1n) is 37.5. The van der Waals surface area contributed by atoms with Gasteiger partial charge in [-0.2, -0.15) is 26.3 Å². The van der Waals surface area contributed by atoms with Crippen LogP contribution in [0.15, 0.2) is 218 Å². The van der Waals surface area contributed by atoms with E-state index in [9.17, 15) is 26.3 Å². The Kier molecular flexibility index (Phi) is 80.2. The van der Waals surface area contributed by atoms with Crippen molar-refractivity contribution < 1.29 is 199 Å². The van der Waals surface area contributed by atoms with Gasteiger partial charge in [0.1, 0.15) is 5.75 Å². The number of aryl methyl sites for hydroxylation is 21. The van der Waals surface area contributed by atoms with Gasteiger partial charge in [-0.05, 0) is 263 Å². The molecule has 1 saturated heterocycles. The first kappa shape index (κ1) is 136. The second kappa shape index (κ2) is 70.8. The van der Waals surface area contributed by atoms with Crippen molar-refractivity contribution in [1.82, 2.24) is 0 Å². The maximum atomic E-state index is 12.2. The van der Waals surface area contributed by atoms with E-state index in [-0.39, 0.29) is 243 Å². The van der Waals surface area contributed by atoms with Crippen LogP contribution in [0.25, 0.3) is 10.8 Å². The zero-order valence-electron chi connectivity index (χ0n) is 73.1. The summed E-state index contributed by atoms with van der Waals surface area (Å²) in [6.07, 6.45) is -4.84. The van der Waals surface area contributed by atoms with E-state index in [0.717, 1.165) is 35.9 Å². The van der Waals surface area contributed by atoms with E-state index >= 15 is 0 Å². The monoisotopic (exact) mass is 1930 g/mol. The fourth-order valence-corrected chi connectivity index (χ4v) is 12.9. The van der Waals surface area contributed by atoms with Crippen LogP contribution in [0.2, 0.25) is 5.02 Å². The zero-order valence-corrected chi connectivity index (χ0v) is 81.3. The Balaban J connectivity index is -0.000000123.